The van der Waals surface area contributed by atoms with Crippen LogP contribution in [0.4, 0.5) is 0 Å². The van der Waals surface area contributed by atoms with E-state index in [-0.39, 0.29) is 0 Å². The molecule has 0 saturated carbocycles. The summed E-state index contributed by atoms with van der Waals surface area (Å²) in [6.45, 7) is 0. The number of nitrogens with one attached hydrogen (secondary N) is 1. The van der Waals surface area contributed by atoms with E-state index in [1.807, 2.05) is 42.5 Å². The highest BCUT2D eigenvalue weighted by atomic mass is 35.5. The summed E-state index contributed by atoms with van der Waals surface area (Å²) in [4.78, 5) is 13.8. The van der Waals surface area contributed by atoms with Crippen molar-refractivity contribution in [3.05, 3.63) is 71.3 Å². The van der Waals surface area contributed by atoms with Crippen LogP contribution in [-0.2, 0) is 0 Å². The van der Waals surface area contributed by atoms with Gasteiger partial charge in [0.25, 0.3) is 5.24 Å². The molecule has 1 N–H and O–H groups in total. The Balaban J connectivity index is 2.38. The van der Waals surface area contributed by atoms with Gasteiger partial charge in [0, 0.05) is 17.3 Å². The maximum atomic E-state index is 11.1. The van der Waals surface area contributed by atoms with E-state index in [0.717, 1.165) is 16.8 Å². The van der Waals surface area contributed by atoms with E-state index in [9.17, 15) is 4.79 Å². The summed E-state index contributed by atoms with van der Waals surface area (Å²) in [5.74, 6) is 0. The summed E-state index contributed by atoms with van der Waals surface area (Å²) < 4.78 is 0. The molecule has 0 atom stereocenters. The highest BCUT2D eigenvalue weighted by Gasteiger charge is 2.03. The van der Waals surface area contributed by atoms with Gasteiger partial charge in [0.1, 0.15) is 0 Å². The van der Waals surface area contributed by atoms with Crippen LogP contribution >= 0.6 is 23.4 Å². The van der Waals surface area contributed by atoms with Gasteiger partial charge in [0.2, 0.25) is 0 Å². The van der Waals surface area contributed by atoms with Crippen LogP contribution in [0.2, 0.25) is 0 Å². The minimum Gasteiger partial charge on any atom is -0.298 e. The lowest BCUT2D eigenvalue weighted by atomic mass is 10.1. The predicted octanol–water partition coefficient (Wildman–Crippen LogP) is 4.31. The SMILES string of the molecule is O=C(Cl)c1cccc(/C=C(\NCl)c2ccccc2)c1. The van der Waals surface area contributed by atoms with Crippen molar-refractivity contribution >= 4 is 40.4 Å². The second-order valence-corrected chi connectivity index (χ2v) is 4.45. The zero-order valence-electron chi connectivity index (χ0n) is 9.94. The van der Waals surface area contributed by atoms with Crippen LogP contribution < -0.4 is 4.84 Å². The standard InChI is InChI=1S/C15H11Cl2NO/c16-15(19)13-8-4-5-11(9-13)10-14(18-17)12-6-2-1-3-7-12/h1-10,18H/b14-10-. The first kappa shape index (κ1) is 13.7. The van der Waals surface area contributed by atoms with Crippen molar-refractivity contribution in [1.82, 2.24) is 4.84 Å². The van der Waals surface area contributed by atoms with Crippen LogP contribution in [0.1, 0.15) is 21.5 Å². The highest BCUT2D eigenvalue weighted by Crippen LogP contribution is 2.17. The van der Waals surface area contributed by atoms with Crippen molar-refractivity contribution in [2.24, 2.45) is 0 Å². The molecule has 0 aliphatic heterocycles. The molecule has 0 aromatic heterocycles. The molecule has 2 aromatic carbocycles. The molecule has 0 radical (unpaired) electrons. The van der Waals surface area contributed by atoms with Crippen molar-refractivity contribution in [2.75, 3.05) is 0 Å². The third-order valence-corrected chi connectivity index (χ3v) is 3.03. The summed E-state index contributed by atoms with van der Waals surface area (Å²) in [6.07, 6.45) is 1.85. The van der Waals surface area contributed by atoms with Gasteiger partial charge in [-0.15, -0.1) is 0 Å². The first-order valence-corrected chi connectivity index (χ1v) is 6.40. The van der Waals surface area contributed by atoms with Gasteiger partial charge in [-0.3, -0.25) is 9.63 Å². The van der Waals surface area contributed by atoms with Gasteiger partial charge in [-0.1, -0.05) is 48.5 Å². The smallest absolute Gasteiger partial charge is 0.252 e. The number of hydrogen-bond acceptors (Lipinski definition) is 2. The molecule has 0 spiro atoms. The molecule has 0 saturated heterocycles. The summed E-state index contributed by atoms with van der Waals surface area (Å²) >= 11 is 11.2. The zero-order chi connectivity index (χ0) is 13.7. The molecule has 0 unspecified atom stereocenters. The van der Waals surface area contributed by atoms with Crippen LogP contribution in [0, 0.1) is 0 Å². The Kier molecular flexibility index (Phi) is 4.61. The predicted molar refractivity (Wildman–Crippen MR) is 79.9 cm³/mol. The lowest BCUT2D eigenvalue weighted by Crippen LogP contribution is -1.98. The van der Waals surface area contributed by atoms with Crippen LogP contribution in [0.3, 0.4) is 0 Å². The average molecular weight is 292 g/mol. The first-order chi connectivity index (χ1) is 9.20. The molecule has 0 heterocycles. The van der Waals surface area contributed by atoms with E-state index >= 15 is 0 Å². The average Bonchev–Trinajstić information content (AvgIpc) is 2.46. The Bertz CT molecular complexity index is 609. The number of rotatable bonds is 4. The number of halogens is 2. The molecule has 19 heavy (non-hydrogen) atoms. The number of carbonyl (C=O) groups is 1. The fourth-order valence-corrected chi connectivity index (χ4v) is 1.98. The van der Waals surface area contributed by atoms with Gasteiger partial charge in [-0.2, -0.15) is 0 Å². The van der Waals surface area contributed by atoms with Gasteiger partial charge in [-0.05, 0) is 34.9 Å². The van der Waals surface area contributed by atoms with Crippen LogP contribution in [0.25, 0.3) is 11.8 Å². The number of carbonyl (C=O) groups excluding carboxylic acids is 1. The number of benzene rings is 2. The van der Waals surface area contributed by atoms with Crippen LogP contribution in [0.5, 0.6) is 0 Å². The zero-order valence-corrected chi connectivity index (χ0v) is 11.4. The normalized spacial score (nSPS) is 11.2. The third kappa shape index (κ3) is 3.60. The Labute approximate surface area is 121 Å². The van der Waals surface area contributed by atoms with E-state index in [4.69, 9.17) is 23.4 Å². The quantitative estimate of drug-likeness (QED) is 0.517. The number of hydrogen-bond donors (Lipinski definition) is 1. The topological polar surface area (TPSA) is 29.1 Å². The third-order valence-electron chi connectivity index (χ3n) is 2.61. The Hall–Kier alpha value is -1.77. The highest BCUT2D eigenvalue weighted by molar-refractivity contribution is 6.67. The molecule has 0 aliphatic rings. The monoisotopic (exact) mass is 291 g/mol. The lowest BCUT2D eigenvalue weighted by Gasteiger charge is -2.05. The maximum absolute atomic E-state index is 11.1. The summed E-state index contributed by atoms with van der Waals surface area (Å²) in [6, 6.07) is 16.7. The fourth-order valence-electron chi connectivity index (χ4n) is 1.70. The largest absolute Gasteiger partial charge is 0.298 e. The van der Waals surface area contributed by atoms with Crippen molar-refractivity contribution in [2.45, 2.75) is 0 Å². The summed E-state index contributed by atoms with van der Waals surface area (Å²) in [7, 11) is 0. The minimum absolute atomic E-state index is 0.456. The van der Waals surface area contributed by atoms with E-state index in [1.165, 1.54) is 0 Å². The molecule has 4 heteroatoms. The van der Waals surface area contributed by atoms with Crippen molar-refractivity contribution in [3.8, 4) is 0 Å². The lowest BCUT2D eigenvalue weighted by molar-refractivity contribution is 0.108. The molecule has 2 nitrogen and oxygen atoms in total. The summed E-state index contributed by atoms with van der Waals surface area (Å²) in [5.41, 5.74) is 3.01. The second kappa shape index (κ2) is 6.41. The molecular formula is C15H11Cl2NO. The maximum Gasteiger partial charge on any atom is 0.252 e. The second-order valence-electron chi connectivity index (χ2n) is 3.92. The molecule has 96 valence electrons. The first-order valence-electron chi connectivity index (χ1n) is 5.64. The Morgan fingerprint density at radius 3 is 2.32 bits per heavy atom. The van der Waals surface area contributed by atoms with Crippen LogP contribution in [-0.4, -0.2) is 5.24 Å². The van der Waals surface area contributed by atoms with Gasteiger partial charge in [0.05, 0.1) is 5.70 Å². The van der Waals surface area contributed by atoms with E-state index in [0.29, 0.717) is 5.56 Å². The molecule has 0 fully saturated rings. The minimum atomic E-state index is -0.477. The van der Waals surface area contributed by atoms with Crippen molar-refractivity contribution < 1.29 is 4.79 Å². The van der Waals surface area contributed by atoms with Crippen molar-refractivity contribution in [1.29, 1.82) is 0 Å². The molecule has 2 aromatic rings. The van der Waals surface area contributed by atoms with Gasteiger partial charge in [-0.25, -0.2) is 0 Å². The van der Waals surface area contributed by atoms with E-state index < -0.39 is 5.24 Å². The van der Waals surface area contributed by atoms with Crippen molar-refractivity contribution in [3.63, 3.8) is 0 Å². The molecule has 0 aliphatic carbocycles. The van der Waals surface area contributed by atoms with E-state index in [1.54, 1.807) is 18.2 Å². The molecular weight excluding hydrogens is 281 g/mol. The molecule has 2 rings (SSSR count). The molecule has 0 amide bonds. The Morgan fingerprint density at radius 2 is 1.68 bits per heavy atom. The Morgan fingerprint density at radius 1 is 1.00 bits per heavy atom. The van der Waals surface area contributed by atoms with Gasteiger partial charge >= 0.3 is 0 Å². The summed E-state index contributed by atoms with van der Waals surface area (Å²) in [5, 5.41) is -0.477. The van der Waals surface area contributed by atoms with Crippen LogP contribution in [0.15, 0.2) is 54.6 Å². The van der Waals surface area contributed by atoms with Gasteiger partial charge < -0.3 is 0 Å². The fraction of sp³-hybridized carbons (Fsp3) is 0. The van der Waals surface area contributed by atoms with Gasteiger partial charge in [0.15, 0.2) is 0 Å². The van der Waals surface area contributed by atoms with E-state index in [2.05, 4.69) is 4.84 Å². The molecule has 0 bridgehead atoms.